The number of benzene rings is 2. The van der Waals surface area contributed by atoms with Crippen molar-refractivity contribution in [3.8, 4) is 22.6 Å². The molecule has 2 aliphatic rings. The molecular formula is C32H35F3N4O4. The number of rotatable bonds is 9. The number of halogens is 3. The summed E-state index contributed by atoms with van der Waals surface area (Å²) >= 11 is 0. The highest BCUT2D eigenvalue weighted by atomic mass is 19.4. The predicted octanol–water partition coefficient (Wildman–Crippen LogP) is 6.18. The molecule has 1 amide bonds. The van der Waals surface area contributed by atoms with Gasteiger partial charge in [-0.1, -0.05) is 19.1 Å². The number of pyridine rings is 1. The summed E-state index contributed by atoms with van der Waals surface area (Å²) in [5.41, 5.74) is 2.73. The van der Waals surface area contributed by atoms with Crippen molar-refractivity contribution in [3.05, 3.63) is 71.9 Å². The maximum Gasteiger partial charge on any atom is 0.573 e. The van der Waals surface area contributed by atoms with Crippen molar-refractivity contribution in [2.75, 3.05) is 25.0 Å². The lowest BCUT2D eigenvalue weighted by Gasteiger charge is -2.25. The van der Waals surface area contributed by atoms with Crippen LogP contribution in [0.3, 0.4) is 0 Å². The number of carbonyl (C=O) groups is 2. The second-order valence-electron chi connectivity index (χ2n) is 10.9. The van der Waals surface area contributed by atoms with Gasteiger partial charge in [0.1, 0.15) is 17.3 Å². The summed E-state index contributed by atoms with van der Waals surface area (Å²) in [5.74, 6) is -0.328. The number of hydrogen-bond acceptors (Lipinski definition) is 7. The standard InChI is InChI=1S/C32H35F3N4O4/c1-2-25-4-3-17-39(25)20-24-18-29(37-19-28(24)21-5-11-27(12-6-21)43-32(33,34)35)38-30(40)22-7-9-26(10-8-22)42-31(41)23-13-15-36-16-14-23/h5-12,18-19,23,25,36H,2-4,13-17,20H2,1H3,(H,37,38,40)/t25-/m1/s1. The lowest BCUT2D eigenvalue weighted by Crippen LogP contribution is -2.33. The zero-order valence-corrected chi connectivity index (χ0v) is 24.0. The fourth-order valence-corrected chi connectivity index (χ4v) is 5.70. The van der Waals surface area contributed by atoms with Crippen molar-refractivity contribution >= 4 is 17.7 Å². The number of hydrogen-bond donors (Lipinski definition) is 2. The van der Waals surface area contributed by atoms with Crippen LogP contribution in [-0.4, -0.2) is 53.8 Å². The summed E-state index contributed by atoms with van der Waals surface area (Å²) in [4.78, 5) is 32.3. The lowest BCUT2D eigenvalue weighted by atomic mass is 9.98. The van der Waals surface area contributed by atoms with Crippen LogP contribution in [0.25, 0.3) is 11.1 Å². The molecule has 0 spiro atoms. The van der Waals surface area contributed by atoms with Gasteiger partial charge in [-0.3, -0.25) is 14.5 Å². The molecule has 43 heavy (non-hydrogen) atoms. The topological polar surface area (TPSA) is 92.8 Å². The van der Waals surface area contributed by atoms with Crippen molar-refractivity contribution in [2.45, 2.75) is 58.0 Å². The largest absolute Gasteiger partial charge is 0.573 e. The Morgan fingerprint density at radius 1 is 1.02 bits per heavy atom. The first-order valence-corrected chi connectivity index (χ1v) is 14.6. The molecule has 0 unspecified atom stereocenters. The molecule has 2 aromatic carbocycles. The van der Waals surface area contributed by atoms with Crippen molar-refractivity contribution in [1.29, 1.82) is 0 Å². The predicted molar refractivity (Wildman–Crippen MR) is 156 cm³/mol. The quantitative estimate of drug-likeness (QED) is 0.225. The highest BCUT2D eigenvalue weighted by Crippen LogP contribution is 2.32. The fourth-order valence-electron chi connectivity index (χ4n) is 5.70. The van der Waals surface area contributed by atoms with Crippen molar-refractivity contribution in [3.63, 3.8) is 0 Å². The number of piperidine rings is 1. The monoisotopic (exact) mass is 596 g/mol. The Balaban J connectivity index is 1.31. The van der Waals surface area contributed by atoms with Crippen molar-refractivity contribution < 1.29 is 32.2 Å². The first-order chi connectivity index (χ1) is 20.7. The number of alkyl halides is 3. The van der Waals surface area contributed by atoms with Gasteiger partial charge in [0.15, 0.2) is 0 Å². The summed E-state index contributed by atoms with van der Waals surface area (Å²) in [7, 11) is 0. The molecule has 2 N–H and O–H groups in total. The van der Waals surface area contributed by atoms with E-state index in [1.54, 1.807) is 42.6 Å². The van der Waals surface area contributed by atoms with Crippen LogP contribution in [0.15, 0.2) is 60.8 Å². The van der Waals surface area contributed by atoms with Gasteiger partial charge in [0.25, 0.3) is 5.91 Å². The number of nitrogens with zero attached hydrogens (tertiary/aromatic N) is 2. The minimum Gasteiger partial charge on any atom is -0.426 e. The normalized spacial score (nSPS) is 17.9. The Kier molecular flexibility index (Phi) is 9.62. The Morgan fingerprint density at radius 2 is 1.72 bits per heavy atom. The molecule has 3 aromatic rings. The van der Waals surface area contributed by atoms with Crippen LogP contribution in [0.2, 0.25) is 0 Å². The van der Waals surface area contributed by atoms with Gasteiger partial charge in [0, 0.05) is 29.9 Å². The minimum absolute atomic E-state index is 0.133. The summed E-state index contributed by atoms with van der Waals surface area (Å²) in [6.07, 6.45) is 1.55. The van der Waals surface area contributed by atoms with Crippen LogP contribution in [0, 0.1) is 5.92 Å². The second-order valence-corrected chi connectivity index (χ2v) is 10.9. The molecule has 0 bridgehead atoms. The van der Waals surface area contributed by atoms with E-state index in [0.29, 0.717) is 35.3 Å². The molecule has 2 saturated heterocycles. The van der Waals surface area contributed by atoms with Gasteiger partial charge in [0.05, 0.1) is 5.92 Å². The first kappa shape index (κ1) is 30.5. The third kappa shape index (κ3) is 8.11. The molecule has 11 heteroatoms. The van der Waals surface area contributed by atoms with E-state index < -0.39 is 6.36 Å². The van der Waals surface area contributed by atoms with Gasteiger partial charge in [0.2, 0.25) is 0 Å². The van der Waals surface area contributed by atoms with Gasteiger partial charge >= 0.3 is 12.3 Å². The molecule has 2 aliphatic heterocycles. The third-order valence-corrected chi connectivity index (χ3v) is 7.98. The molecule has 0 saturated carbocycles. The lowest BCUT2D eigenvalue weighted by molar-refractivity contribution is -0.274. The third-order valence-electron chi connectivity index (χ3n) is 7.98. The van der Waals surface area contributed by atoms with Crippen molar-refractivity contribution in [1.82, 2.24) is 15.2 Å². The van der Waals surface area contributed by atoms with Crippen LogP contribution in [0.1, 0.15) is 54.9 Å². The smallest absolute Gasteiger partial charge is 0.426 e. The number of nitrogens with one attached hydrogen (secondary N) is 2. The van der Waals surface area contributed by atoms with Crippen LogP contribution < -0.4 is 20.1 Å². The van der Waals surface area contributed by atoms with E-state index in [-0.39, 0.29) is 23.5 Å². The summed E-state index contributed by atoms with van der Waals surface area (Å²) < 4.78 is 47.5. The zero-order valence-electron chi connectivity index (χ0n) is 24.0. The maximum absolute atomic E-state index is 13.1. The van der Waals surface area contributed by atoms with E-state index >= 15 is 0 Å². The molecule has 1 aromatic heterocycles. The number of aromatic nitrogens is 1. The van der Waals surface area contributed by atoms with Crippen LogP contribution in [0.5, 0.6) is 11.5 Å². The van der Waals surface area contributed by atoms with E-state index in [9.17, 15) is 22.8 Å². The van der Waals surface area contributed by atoms with E-state index in [1.807, 2.05) is 6.07 Å². The second kappa shape index (κ2) is 13.6. The van der Waals surface area contributed by atoms with Crippen LogP contribution >= 0.6 is 0 Å². The molecule has 8 nitrogen and oxygen atoms in total. The molecule has 1 atom stereocenters. The van der Waals surface area contributed by atoms with E-state index in [2.05, 4.69) is 32.2 Å². The Labute approximate surface area is 248 Å². The first-order valence-electron chi connectivity index (χ1n) is 14.6. The number of likely N-dealkylation sites (tertiary alicyclic amines) is 1. The average molecular weight is 597 g/mol. The summed E-state index contributed by atoms with van der Waals surface area (Å²) in [6, 6.07) is 14.3. The van der Waals surface area contributed by atoms with E-state index in [4.69, 9.17) is 4.74 Å². The number of esters is 1. The van der Waals surface area contributed by atoms with Gasteiger partial charge in [-0.15, -0.1) is 13.2 Å². The number of carbonyl (C=O) groups excluding carboxylic acids is 2. The highest BCUT2D eigenvalue weighted by Gasteiger charge is 2.31. The Bertz CT molecular complexity index is 1410. The number of anilines is 1. The molecule has 0 radical (unpaired) electrons. The number of amides is 1. The van der Waals surface area contributed by atoms with E-state index in [0.717, 1.165) is 62.9 Å². The summed E-state index contributed by atoms with van der Waals surface area (Å²) in [5, 5.41) is 6.07. The summed E-state index contributed by atoms with van der Waals surface area (Å²) in [6.45, 7) is 5.28. The Hall–Kier alpha value is -3.96. The molecule has 228 valence electrons. The van der Waals surface area contributed by atoms with Gasteiger partial charge in [-0.2, -0.15) is 0 Å². The van der Waals surface area contributed by atoms with Crippen molar-refractivity contribution in [2.24, 2.45) is 5.92 Å². The van der Waals surface area contributed by atoms with Gasteiger partial charge < -0.3 is 20.1 Å². The number of ether oxygens (including phenoxy) is 2. The van der Waals surface area contributed by atoms with E-state index in [1.165, 1.54) is 12.1 Å². The highest BCUT2D eigenvalue weighted by molar-refractivity contribution is 6.04. The SMILES string of the molecule is CC[C@@H]1CCCN1Cc1cc(NC(=O)c2ccc(OC(=O)C3CCNCC3)cc2)ncc1-c1ccc(OC(F)(F)F)cc1. The van der Waals surface area contributed by atoms with Crippen LogP contribution in [0.4, 0.5) is 19.0 Å². The molecule has 0 aliphatic carbocycles. The molecule has 2 fully saturated rings. The molecular weight excluding hydrogens is 561 g/mol. The zero-order chi connectivity index (χ0) is 30.4. The maximum atomic E-state index is 13.1. The minimum atomic E-state index is -4.77. The average Bonchev–Trinajstić information content (AvgIpc) is 3.45. The molecule has 5 rings (SSSR count). The fraction of sp³-hybridized carbons (Fsp3) is 0.406. The van der Waals surface area contributed by atoms with Gasteiger partial charge in [-0.05, 0) is 105 Å². The van der Waals surface area contributed by atoms with Gasteiger partial charge in [-0.25, -0.2) is 4.98 Å². The van der Waals surface area contributed by atoms with Crippen LogP contribution in [-0.2, 0) is 11.3 Å². The Morgan fingerprint density at radius 3 is 2.40 bits per heavy atom. The molecule has 3 heterocycles.